The summed E-state index contributed by atoms with van der Waals surface area (Å²) >= 11 is 4.03. The van der Waals surface area contributed by atoms with E-state index in [1.807, 2.05) is 0 Å². The predicted octanol–water partition coefficient (Wildman–Crippen LogP) is 4.37. The second kappa shape index (κ2) is 4.78. The van der Waals surface area contributed by atoms with Gasteiger partial charge in [-0.25, -0.2) is 4.98 Å². The first-order chi connectivity index (χ1) is 7.50. The summed E-state index contributed by atoms with van der Waals surface area (Å²) in [7, 11) is 0. The molecule has 1 rings (SSSR count). The van der Waals surface area contributed by atoms with E-state index in [0.717, 1.165) is 0 Å². The minimum atomic E-state index is -5.07. The van der Waals surface area contributed by atoms with Gasteiger partial charge in [0.25, 0.3) is 0 Å². The Kier molecular flexibility index (Phi) is 4.16. The monoisotopic (exact) mass is 435 g/mol. The van der Waals surface area contributed by atoms with E-state index in [1.165, 1.54) is 22.6 Å². The van der Waals surface area contributed by atoms with E-state index in [9.17, 15) is 26.3 Å². The van der Waals surface area contributed by atoms with Gasteiger partial charge in [0.05, 0.1) is 4.47 Å². The van der Waals surface area contributed by atoms with Gasteiger partial charge in [0, 0.05) is 6.07 Å². The van der Waals surface area contributed by atoms with Crippen LogP contribution in [-0.4, -0.2) is 11.3 Å². The van der Waals surface area contributed by atoms with Gasteiger partial charge in [0.1, 0.15) is 15.1 Å². The average molecular weight is 436 g/mol. The topological polar surface area (TPSA) is 22.1 Å². The summed E-state index contributed by atoms with van der Waals surface area (Å²) in [5.41, 5.74) is -1.45. The van der Waals surface area contributed by atoms with Crippen LogP contribution in [0.1, 0.15) is 5.69 Å². The number of pyridine rings is 1. The van der Waals surface area contributed by atoms with Crippen molar-refractivity contribution in [3.63, 3.8) is 0 Å². The molecule has 1 aromatic heterocycles. The second-order valence-electron chi connectivity index (χ2n) is 2.66. The van der Waals surface area contributed by atoms with E-state index in [2.05, 4.69) is 25.7 Å². The number of aromatic nitrogens is 1. The Hall–Kier alpha value is -0.260. The molecule has 0 spiro atoms. The number of halogens is 8. The average Bonchev–Trinajstić information content (AvgIpc) is 2.08. The van der Waals surface area contributed by atoms with Crippen LogP contribution < -0.4 is 4.74 Å². The first-order valence-corrected chi connectivity index (χ1v) is 5.57. The Morgan fingerprint density at radius 1 is 1.18 bits per heavy atom. The van der Waals surface area contributed by atoms with Crippen molar-refractivity contribution >= 4 is 38.5 Å². The summed E-state index contributed by atoms with van der Waals surface area (Å²) in [4.78, 5) is 3.10. The second-order valence-corrected chi connectivity index (χ2v) is 4.47. The molecule has 1 aromatic rings. The molecule has 17 heavy (non-hydrogen) atoms. The van der Waals surface area contributed by atoms with E-state index in [1.54, 1.807) is 0 Å². The van der Waals surface area contributed by atoms with Gasteiger partial charge in [-0.2, -0.15) is 13.2 Å². The fourth-order valence-electron chi connectivity index (χ4n) is 0.820. The Balaban J connectivity index is 3.26. The maximum Gasteiger partial charge on any atom is 0.573 e. The Morgan fingerprint density at radius 3 is 2.12 bits per heavy atom. The zero-order valence-electron chi connectivity index (χ0n) is 7.46. The summed E-state index contributed by atoms with van der Waals surface area (Å²) in [5.74, 6) is -0.982. The van der Waals surface area contributed by atoms with Crippen LogP contribution in [0.2, 0.25) is 0 Å². The molecule has 0 amide bonds. The van der Waals surface area contributed by atoms with Gasteiger partial charge in [-0.3, -0.25) is 0 Å². The molecule has 0 aliphatic heterocycles. The molecule has 0 aromatic carbocycles. The van der Waals surface area contributed by atoms with Crippen molar-refractivity contribution in [2.75, 3.05) is 0 Å². The molecule has 96 valence electrons. The van der Waals surface area contributed by atoms with Crippen LogP contribution in [0.3, 0.4) is 0 Å². The van der Waals surface area contributed by atoms with Crippen LogP contribution in [0.5, 0.6) is 5.75 Å². The number of hydrogen-bond donors (Lipinski definition) is 0. The van der Waals surface area contributed by atoms with Crippen molar-refractivity contribution in [2.24, 2.45) is 0 Å². The maximum absolute atomic E-state index is 12.3. The first-order valence-electron chi connectivity index (χ1n) is 3.69. The van der Waals surface area contributed by atoms with Gasteiger partial charge < -0.3 is 4.74 Å². The third kappa shape index (κ3) is 4.16. The Morgan fingerprint density at radius 2 is 1.71 bits per heavy atom. The maximum atomic E-state index is 12.3. The molecule has 0 atom stereocenters. The summed E-state index contributed by atoms with van der Waals surface area (Å²) in [6.07, 6.45) is -9.92. The van der Waals surface area contributed by atoms with Gasteiger partial charge in [-0.05, 0) is 38.5 Å². The van der Waals surface area contributed by atoms with Crippen molar-refractivity contribution in [2.45, 2.75) is 12.5 Å². The smallest absolute Gasteiger partial charge is 0.404 e. The highest BCUT2D eigenvalue weighted by atomic mass is 127. The Labute approximate surface area is 113 Å². The van der Waals surface area contributed by atoms with Gasteiger partial charge in [-0.1, -0.05) is 0 Å². The van der Waals surface area contributed by atoms with Crippen molar-refractivity contribution in [1.29, 1.82) is 0 Å². The SMILES string of the molecule is FC(F)(F)Oc1cc(C(F)(F)F)nc(I)c1Br. The third-order valence-corrected chi connectivity index (χ3v) is 3.69. The van der Waals surface area contributed by atoms with Crippen LogP contribution in [0, 0.1) is 3.70 Å². The highest BCUT2D eigenvalue weighted by Gasteiger charge is 2.37. The number of rotatable bonds is 1. The fourth-order valence-corrected chi connectivity index (χ4v) is 1.63. The summed E-state index contributed by atoms with van der Waals surface area (Å²) < 4.78 is 75.6. The molecular formula is C7HBrF6INO. The first kappa shape index (κ1) is 14.8. The molecular weight excluding hydrogens is 435 g/mol. The standard InChI is InChI=1S/C7HBrF6INO/c8-4-2(17-7(12,13)14)1-3(6(9,10)11)16-5(4)15/h1H. The van der Waals surface area contributed by atoms with Crippen LogP contribution in [0.25, 0.3) is 0 Å². The third-order valence-electron chi connectivity index (χ3n) is 1.40. The molecule has 0 N–H and O–H groups in total. The van der Waals surface area contributed by atoms with Crippen molar-refractivity contribution < 1.29 is 31.1 Å². The largest absolute Gasteiger partial charge is 0.573 e. The molecule has 0 unspecified atom stereocenters. The van der Waals surface area contributed by atoms with E-state index < -0.39 is 24.0 Å². The van der Waals surface area contributed by atoms with E-state index in [4.69, 9.17) is 0 Å². The quantitative estimate of drug-likeness (QED) is 0.371. The highest BCUT2D eigenvalue weighted by molar-refractivity contribution is 14.1. The molecule has 1 heterocycles. The van der Waals surface area contributed by atoms with Gasteiger partial charge >= 0.3 is 12.5 Å². The summed E-state index contributed by atoms with van der Waals surface area (Å²) in [6.45, 7) is 0. The number of alkyl halides is 6. The normalized spacial score (nSPS) is 12.7. The molecule has 2 nitrogen and oxygen atoms in total. The molecule has 10 heteroatoms. The van der Waals surface area contributed by atoms with E-state index >= 15 is 0 Å². The van der Waals surface area contributed by atoms with E-state index in [-0.39, 0.29) is 14.2 Å². The van der Waals surface area contributed by atoms with E-state index in [0.29, 0.717) is 0 Å². The Bertz CT molecular complexity index is 432. The van der Waals surface area contributed by atoms with Crippen molar-refractivity contribution in [3.05, 3.63) is 19.9 Å². The summed E-state index contributed by atoms with van der Waals surface area (Å²) in [5, 5.41) is 0. The summed E-state index contributed by atoms with van der Waals surface area (Å²) in [6, 6.07) is 0.180. The number of hydrogen-bond acceptors (Lipinski definition) is 2. The molecule has 0 aliphatic carbocycles. The zero-order valence-corrected chi connectivity index (χ0v) is 11.2. The molecule has 0 fully saturated rings. The molecule has 0 aliphatic rings. The lowest BCUT2D eigenvalue weighted by molar-refractivity contribution is -0.275. The van der Waals surface area contributed by atoms with Gasteiger partial charge in [0.15, 0.2) is 0 Å². The van der Waals surface area contributed by atoms with Crippen molar-refractivity contribution in [1.82, 2.24) is 4.98 Å². The number of nitrogens with zero attached hydrogens (tertiary/aromatic N) is 1. The van der Waals surface area contributed by atoms with Crippen molar-refractivity contribution in [3.8, 4) is 5.75 Å². The minimum Gasteiger partial charge on any atom is -0.404 e. The molecule has 0 bridgehead atoms. The fraction of sp³-hybridized carbons (Fsp3) is 0.286. The van der Waals surface area contributed by atoms with Crippen LogP contribution in [0.4, 0.5) is 26.3 Å². The molecule has 0 saturated carbocycles. The van der Waals surface area contributed by atoms with Crippen LogP contribution in [-0.2, 0) is 6.18 Å². The predicted molar refractivity (Wildman–Crippen MR) is 56.3 cm³/mol. The van der Waals surface area contributed by atoms with Gasteiger partial charge in [0.2, 0.25) is 0 Å². The highest BCUT2D eigenvalue weighted by Crippen LogP contribution is 2.37. The lowest BCUT2D eigenvalue weighted by atomic mass is 10.3. The minimum absolute atomic E-state index is 0.180. The molecule has 0 radical (unpaired) electrons. The zero-order chi connectivity index (χ0) is 13.4. The lowest BCUT2D eigenvalue weighted by Crippen LogP contribution is -2.19. The van der Waals surface area contributed by atoms with Crippen LogP contribution in [0.15, 0.2) is 10.5 Å². The number of ether oxygens (including phenoxy) is 1. The molecule has 0 saturated heterocycles. The lowest BCUT2D eigenvalue weighted by Gasteiger charge is -2.13. The van der Waals surface area contributed by atoms with Crippen LogP contribution >= 0.6 is 38.5 Å². The van der Waals surface area contributed by atoms with Gasteiger partial charge in [-0.15, -0.1) is 13.2 Å².